The Kier molecular flexibility index (Phi) is 5.33. The second-order valence-electron chi connectivity index (χ2n) is 6.88. The molecule has 0 aliphatic carbocycles. The number of hydrogen-bond acceptors (Lipinski definition) is 6. The van der Waals surface area contributed by atoms with Gasteiger partial charge in [0.15, 0.2) is 11.5 Å². The predicted octanol–water partition coefficient (Wildman–Crippen LogP) is 2.46. The molecule has 29 heavy (non-hydrogen) atoms. The first-order chi connectivity index (χ1) is 14.0. The molecule has 0 atom stereocenters. The molecule has 0 unspecified atom stereocenters. The van der Waals surface area contributed by atoms with Crippen LogP contribution in [-0.2, 0) is 14.8 Å². The van der Waals surface area contributed by atoms with E-state index in [1.165, 1.54) is 16.4 Å². The third-order valence-electron chi connectivity index (χ3n) is 5.17. The highest BCUT2D eigenvalue weighted by molar-refractivity contribution is 7.89. The lowest BCUT2D eigenvalue weighted by molar-refractivity contribution is -0.120. The van der Waals surface area contributed by atoms with Crippen LogP contribution < -0.4 is 19.5 Å². The Morgan fingerprint density at radius 1 is 1.10 bits per heavy atom. The molecular formula is C20H22N2O6S. The second-order valence-corrected chi connectivity index (χ2v) is 8.82. The summed E-state index contributed by atoms with van der Waals surface area (Å²) in [6.07, 6.45) is 0.898. The van der Waals surface area contributed by atoms with Crippen molar-refractivity contribution in [2.45, 2.75) is 17.7 Å². The number of fused-ring (bicyclic) bond motifs is 1. The number of ether oxygens (including phenoxy) is 3. The summed E-state index contributed by atoms with van der Waals surface area (Å²) in [6.45, 7) is 0.646. The van der Waals surface area contributed by atoms with Crippen molar-refractivity contribution in [3.8, 4) is 17.2 Å². The maximum atomic E-state index is 13.0. The van der Waals surface area contributed by atoms with Crippen LogP contribution in [0.5, 0.6) is 17.2 Å². The van der Waals surface area contributed by atoms with E-state index in [9.17, 15) is 13.2 Å². The van der Waals surface area contributed by atoms with Crippen molar-refractivity contribution in [3.63, 3.8) is 0 Å². The van der Waals surface area contributed by atoms with E-state index in [1.54, 1.807) is 25.3 Å². The molecule has 1 fully saturated rings. The maximum absolute atomic E-state index is 13.0. The van der Waals surface area contributed by atoms with Crippen LogP contribution in [0.4, 0.5) is 5.69 Å². The van der Waals surface area contributed by atoms with E-state index in [-0.39, 0.29) is 36.6 Å². The summed E-state index contributed by atoms with van der Waals surface area (Å²) in [6, 6.07) is 11.8. The minimum absolute atomic E-state index is 0.0888. The summed E-state index contributed by atoms with van der Waals surface area (Å²) in [7, 11) is -2.11. The van der Waals surface area contributed by atoms with E-state index in [1.807, 2.05) is 12.1 Å². The van der Waals surface area contributed by atoms with Gasteiger partial charge in [-0.05, 0) is 37.1 Å². The molecule has 9 heteroatoms. The van der Waals surface area contributed by atoms with Crippen molar-refractivity contribution in [2.24, 2.45) is 5.92 Å². The van der Waals surface area contributed by atoms with E-state index >= 15 is 0 Å². The summed E-state index contributed by atoms with van der Waals surface area (Å²) < 4.78 is 43.1. The van der Waals surface area contributed by atoms with E-state index < -0.39 is 10.0 Å². The van der Waals surface area contributed by atoms with Gasteiger partial charge in [0.05, 0.1) is 17.7 Å². The molecule has 2 aromatic carbocycles. The molecule has 2 aliphatic heterocycles. The smallest absolute Gasteiger partial charge is 0.243 e. The number of anilines is 1. The number of hydrogen-bond donors (Lipinski definition) is 1. The normalized spacial score (nSPS) is 17.1. The summed E-state index contributed by atoms with van der Waals surface area (Å²) in [4.78, 5) is 12.8. The molecule has 1 saturated heterocycles. The Bertz CT molecular complexity index is 1020. The van der Waals surface area contributed by atoms with E-state index in [0.717, 1.165) is 0 Å². The lowest BCUT2D eigenvalue weighted by Crippen LogP contribution is -2.41. The third kappa shape index (κ3) is 3.88. The first-order valence-corrected chi connectivity index (χ1v) is 10.8. The standard InChI is InChI=1S/C20H22N2O6S/c1-26-17-5-3-2-4-16(17)21-20(23)14-8-10-22(11-9-14)29(24,25)15-6-7-18-19(12-15)28-13-27-18/h2-7,12,14H,8-11,13H2,1H3,(H,21,23). The van der Waals surface area contributed by atoms with Gasteiger partial charge in [-0.15, -0.1) is 0 Å². The van der Waals surface area contributed by atoms with Crippen LogP contribution in [0.2, 0.25) is 0 Å². The van der Waals surface area contributed by atoms with Gasteiger partial charge in [0.2, 0.25) is 22.7 Å². The number of carbonyl (C=O) groups is 1. The first kappa shape index (κ1) is 19.5. The van der Waals surface area contributed by atoms with Gasteiger partial charge in [-0.25, -0.2) is 8.42 Å². The van der Waals surface area contributed by atoms with Crippen molar-refractivity contribution < 1.29 is 27.4 Å². The Morgan fingerprint density at radius 2 is 1.83 bits per heavy atom. The highest BCUT2D eigenvalue weighted by Gasteiger charge is 2.33. The molecule has 0 aromatic heterocycles. The highest BCUT2D eigenvalue weighted by Crippen LogP contribution is 2.35. The summed E-state index contributed by atoms with van der Waals surface area (Å²) in [5, 5.41) is 2.88. The zero-order chi connectivity index (χ0) is 20.4. The van der Waals surface area contributed by atoms with Crippen LogP contribution in [0.15, 0.2) is 47.4 Å². The Morgan fingerprint density at radius 3 is 2.59 bits per heavy atom. The Balaban J connectivity index is 1.40. The fraction of sp³-hybridized carbons (Fsp3) is 0.350. The van der Waals surface area contributed by atoms with Gasteiger partial charge in [0, 0.05) is 25.1 Å². The molecule has 0 spiro atoms. The number of para-hydroxylation sites is 2. The molecule has 154 valence electrons. The lowest BCUT2D eigenvalue weighted by atomic mass is 9.97. The fourth-order valence-electron chi connectivity index (χ4n) is 3.53. The van der Waals surface area contributed by atoms with Crippen LogP contribution in [0.1, 0.15) is 12.8 Å². The first-order valence-electron chi connectivity index (χ1n) is 9.33. The molecular weight excluding hydrogens is 396 g/mol. The van der Waals surface area contributed by atoms with Crippen LogP contribution in [0, 0.1) is 5.92 Å². The third-order valence-corrected chi connectivity index (χ3v) is 7.07. The molecule has 8 nitrogen and oxygen atoms in total. The minimum Gasteiger partial charge on any atom is -0.495 e. The Labute approximate surface area is 169 Å². The molecule has 0 radical (unpaired) electrons. The predicted molar refractivity (Wildman–Crippen MR) is 106 cm³/mol. The summed E-state index contributed by atoms with van der Waals surface area (Å²) in [5.74, 6) is 1.16. The molecule has 0 saturated carbocycles. The van der Waals surface area contributed by atoms with Crippen LogP contribution in [-0.4, -0.2) is 45.6 Å². The molecule has 0 bridgehead atoms. The lowest BCUT2D eigenvalue weighted by Gasteiger charge is -2.30. The number of carbonyl (C=O) groups excluding carboxylic acids is 1. The molecule has 2 aliphatic rings. The average molecular weight is 418 g/mol. The number of piperidine rings is 1. The van der Waals surface area contributed by atoms with Crippen molar-refractivity contribution in [3.05, 3.63) is 42.5 Å². The van der Waals surface area contributed by atoms with Gasteiger partial charge >= 0.3 is 0 Å². The SMILES string of the molecule is COc1ccccc1NC(=O)C1CCN(S(=O)(=O)c2ccc3c(c2)OCO3)CC1. The molecule has 1 amide bonds. The Hall–Kier alpha value is -2.78. The van der Waals surface area contributed by atoms with E-state index in [4.69, 9.17) is 14.2 Å². The summed E-state index contributed by atoms with van der Waals surface area (Å²) in [5.41, 5.74) is 0.607. The number of nitrogens with zero attached hydrogens (tertiary/aromatic N) is 1. The van der Waals surface area contributed by atoms with Crippen LogP contribution in [0.3, 0.4) is 0 Å². The summed E-state index contributed by atoms with van der Waals surface area (Å²) >= 11 is 0. The monoisotopic (exact) mass is 418 g/mol. The zero-order valence-corrected chi connectivity index (χ0v) is 16.8. The van der Waals surface area contributed by atoms with Crippen molar-refractivity contribution in [1.29, 1.82) is 0 Å². The molecule has 2 heterocycles. The van der Waals surface area contributed by atoms with Crippen molar-refractivity contribution >= 4 is 21.6 Å². The number of methoxy groups -OCH3 is 1. The van der Waals surface area contributed by atoms with Gasteiger partial charge in [0.25, 0.3) is 0 Å². The maximum Gasteiger partial charge on any atom is 0.243 e. The highest BCUT2D eigenvalue weighted by atomic mass is 32.2. The topological polar surface area (TPSA) is 94.2 Å². The van der Waals surface area contributed by atoms with Crippen molar-refractivity contribution in [1.82, 2.24) is 4.31 Å². The number of amides is 1. The minimum atomic E-state index is -3.66. The number of benzene rings is 2. The van der Waals surface area contributed by atoms with Gasteiger partial charge in [-0.2, -0.15) is 4.31 Å². The quantitative estimate of drug-likeness (QED) is 0.802. The van der Waals surface area contributed by atoms with Crippen LogP contribution >= 0.6 is 0 Å². The van der Waals surface area contributed by atoms with Gasteiger partial charge < -0.3 is 19.5 Å². The zero-order valence-electron chi connectivity index (χ0n) is 16.0. The van der Waals surface area contributed by atoms with E-state index in [2.05, 4.69) is 5.32 Å². The van der Waals surface area contributed by atoms with Crippen LogP contribution in [0.25, 0.3) is 0 Å². The molecule has 2 aromatic rings. The van der Waals surface area contributed by atoms with Gasteiger partial charge in [-0.3, -0.25) is 4.79 Å². The van der Waals surface area contributed by atoms with E-state index in [0.29, 0.717) is 35.8 Å². The van der Waals surface area contributed by atoms with Crippen molar-refractivity contribution in [2.75, 3.05) is 32.3 Å². The number of sulfonamides is 1. The van der Waals surface area contributed by atoms with Gasteiger partial charge in [-0.1, -0.05) is 12.1 Å². The molecule has 1 N–H and O–H groups in total. The second kappa shape index (κ2) is 7.92. The largest absolute Gasteiger partial charge is 0.495 e. The van der Waals surface area contributed by atoms with Gasteiger partial charge in [0.1, 0.15) is 5.75 Å². The fourth-order valence-corrected chi connectivity index (χ4v) is 5.01. The number of rotatable bonds is 5. The average Bonchev–Trinajstić information content (AvgIpc) is 3.22. The number of nitrogens with one attached hydrogen (secondary N) is 1. The molecule has 4 rings (SSSR count).